The Kier molecular flexibility index (Phi) is 6.54. The second-order valence-corrected chi connectivity index (χ2v) is 5.29. The average molecular weight is 343 g/mol. The minimum absolute atomic E-state index is 0.143. The molecule has 132 valence electrons. The van der Waals surface area contributed by atoms with Gasteiger partial charge in [-0.1, -0.05) is 30.3 Å². The molecular formula is C19H21NO5. The molecule has 0 spiro atoms. The Balaban J connectivity index is 2.22. The van der Waals surface area contributed by atoms with Crippen LogP contribution in [0.3, 0.4) is 0 Å². The zero-order valence-electron chi connectivity index (χ0n) is 14.1. The first-order valence-electron chi connectivity index (χ1n) is 7.91. The number of nitrogens with one attached hydrogen (secondary N) is 1. The third-order valence-corrected chi connectivity index (χ3v) is 3.64. The maximum Gasteiger partial charge on any atom is 0.337 e. The van der Waals surface area contributed by atoms with Gasteiger partial charge in [-0.15, -0.1) is 0 Å². The van der Waals surface area contributed by atoms with Crippen LogP contribution in [0.4, 0.5) is 0 Å². The fourth-order valence-electron chi connectivity index (χ4n) is 2.34. The molecule has 2 rings (SSSR count). The predicted octanol–water partition coefficient (Wildman–Crippen LogP) is 2.09. The largest absolute Gasteiger partial charge is 0.497 e. The Labute approximate surface area is 146 Å². The molecule has 2 atom stereocenters. The molecule has 1 amide bonds. The first-order valence-corrected chi connectivity index (χ1v) is 7.91. The van der Waals surface area contributed by atoms with E-state index in [4.69, 9.17) is 9.47 Å². The van der Waals surface area contributed by atoms with Gasteiger partial charge in [-0.2, -0.15) is 0 Å². The summed E-state index contributed by atoms with van der Waals surface area (Å²) in [6.45, 7) is 1.79. The molecule has 0 saturated carbocycles. The van der Waals surface area contributed by atoms with Gasteiger partial charge in [-0.05, 0) is 36.8 Å². The summed E-state index contributed by atoms with van der Waals surface area (Å²) in [6, 6.07) is 14.4. The summed E-state index contributed by atoms with van der Waals surface area (Å²) >= 11 is 0. The van der Waals surface area contributed by atoms with E-state index in [9.17, 15) is 14.7 Å². The Morgan fingerprint density at radius 1 is 1.08 bits per heavy atom. The SMILES string of the molecule is CCOC(=O)[C@@H](O)[C@@H](NC(=O)c1ccc(OC)cc1)c1ccccc1. The van der Waals surface area contributed by atoms with Crippen molar-refractivity contribution in [3.63, 3.8) is 0 Å². The van der Waals surface area contributed by atoms with Gasteiger partial charge in [0.25, 0.3) is 5.91 Å². The van der Waals surface area contributed by atoms with Crippen LogP contribution in [0.25, 0.3) is 0 Å². The lowest BCUT2D eigenvalue weighted by Crippen LogP contribution is -2.41. The molecule has 0 fully saturated rings. The van der Waals surface area contributed by atoms with Crippen LogP contribution in [0, 0.1) is 0 Å². The van der Waals surface area contributed by atoms with Crippen LogP contribution in [0.2, 0.25) is 0 Å². The lowest BCUT2D eigenvalue weighted by Gasteiger charge is -2.23. The number of amides is 1. The van der Waals surface area contributed by atoms with E-state index in [-0.39, 0.29) is 6.61 Å². The van der Waals surface area contributed by atoms with Gasteiger partial charge in [0, 0.05) is 5.56 Å². The van der Waals surface area contributed by atoms with E-state index in [2.05, 4.69) is 5.32 Å². The molecule has 2 N–H and O–H groups in total. The van der Waals surface area contributed by atoms with Crippen LogP contribution in [0.1, 0.15) is 28.9 Å². The molecule has 0 aromatic heterocycles. The summed E-state index contributed by atoms with van der Waals surface area (Å²) in [7, 11) is 1.54. The minimum Gasteiger partial charge on any atom is -0.497 e. The van der Waals surface area contributed by atoms with Crippen molar-refractivity contribution in [2.45, 2.75) is 19.1 Å². The summed E-state index contributed by atoms with van der Waals surface area (Å²) in [5.41, 5.74) is 0.989. The quantitative estimate of drug-likeness (QED) is 0.752. The Hall–Kier alpha value is -2.86. The number of methoxy groups -OCH3 is 1. The lowest BCUT2D eigenvalue weighted by molar-refractivity contribution is -0.154. The number of hydrogen-bond acceptors (Lipinski definition) is 5. The van der Waals surface area contributed by atoms with E-state index in [0.29, 0.717) is 16.9 Å². The van der Waals surface area contributed by atoms with E-state index < -0.39 is 24.0 Å². The van der Waals surface area contributed by atoms with E-state index in [0.717, 1.165) is 0 Å². The first-order chi connectivity index (χ1) is 12.1. The number of ether oxygens (including phenoxy) is 2. The van der Waals surface area contributed by atoms with Crippen LogP contribution < -0.4 is 10.1 Å². The van der Waals surface area contributed by atoms with Crippen LogP contribution in [0.15, 0.2) is 54.6 Å². The summed E-state index contributed by atoms with van der Waals surface area (Å²) < 4.78 is 9.93. The standard InChI is InChI=1S/C19H21NO5/c1-3-25-19(23)17(21)16(13-7-5-4-6-8-13)20-18(22)14-9-11-15(24-2)12-10-14/h4-12,16-17,21H,3H2,1-2H3,(H,20,22)/t16-,17-/m0/s1. The maximum absolute atomic E-state index is 12.5. The smallest absolute Gasteiger partial charge is 0.337 e. The summed E-state index contributed by atoms with van der Waals surface area (Å²) in [6.07, 6.45) is -1.51. The van der Waals surface area contributed by atoms with Crippen molar-refractivity contribution < 1.29 is 24.2 Å². The second kappa shape index (κ2) is 8.84. The Morgan fingerprint density at radius 2 is 1.72 bits per heavy atom. The van der Waals surface area contributed by atoms with Crippen molar-refractivity contribution in [1.82, 2.24) is 5.32 Å². The van der Waals surface area contributed by atoms with Crippen molar-refractivity contribution in [2.75, 3.05) is 13.7 Å². The van der Waals surface area contributed by atoms with Crippen LogP contribution in [-0.4, -0.2) is 36.8 Å². The van der Waals surface area contributed by atoms with Crippen molar-refractivity contribution in [1.29, 1.82) is 0 Å². The number of aliphatic hydroxyl groups is 1. The summed E-state index contributed by atoms with van der Waals surface area (Å²) in [5, 5.41) is 13.0. The highest BCUT2D eigenvalue weighted by Gasteiger charge is 2.30. The number of carbonyl (C=O) groups is 2. The summed E-state index contributed by atoms with van der Waals surface area (Å²) in [5.74, 6) is -0.575. The lowest BCUT2D eigenvalue weighted by atomic mass is 10.0. The van der Waals surface area contributed by atoms with Crippen LogP contribution in [-0.2, 0) is 9.53 Å². The molecule has 0 aliphatic heterocycles. The number of hydrogen-bond donors (Lipinski definition) is 2. The van der Waals surface area contributed by atoms with Gasteiger partial charge in [0.1, 0.15) is 5.75 Å². The summed E-state index contributed by atoms with van der Waals surface area (Å²) in [4.78, 5) is 24.4. The highest BCUT2D eigenvalue weighted by molar-refractivity contribution is 5.95. The third-order valence-electron chi connectivity index (χ3n) is 3.64. The fourth-order valence-corrected chi connectivity index (χ4v) is 2.34. The third kappa shape index (κ3) is 4.81. The van der Waals surface area contributed by atoms with Gasteiger partial charge in [-0.3, -0.25) is 4.79 Å². The normalized spacial score (nSPS) is 12.8. The second-order valence-electron chi connectivity index (χ2n) is 5.29. The van der Waals surface area contributed by atoms with Crippen molar-refractivity contribution in [3.8, 4) is 5.75 Å². The Morgan fingerprint density at radius 3 is 2.28 bits per heavy atom. The van der Waals surface area contributed by atoms with Gasteiger partial charge in [0.15, 0.2) is 6.10 Å². The maximum atomic E-state index is 12.5. The molecule has 2 aromatic rings. The highest BCUT2D eigenvalue weighted by atomic mass is 16.5. The van der Waals surface area contributed by atoms with Crippen LogP contribution >= 0.6 is 0 Å². The van der Waals surface area contributed by atoms with Crippen LogP contribution in [0.5, 0.6) is 5.75 Å². The number of carbonyl (C=O) groups excluding carboxylic acids is 2. The van der Waals surface area contributed by atoms with Gasteiger partial charge in [-0.25, -0.2) is 4.79 Å². The number of rotatable bonds is 7. The molecule has 0 bridgehead atoms. The van der Waals surface area contributed by atoms with Crippen molar-refractivity contribution in [2.24, 2.45) is 0 Å². The molecule has 0 heterocycles. The van der Waals surface area contributed by atoms with Gasteiger partial charge in [0.05, 0.1) is 19.8 Å². The highest BCUT2D eigenvalue weighted by Crippen LogP contribution is 2.19. The molecular weight excluding hydrogens is 322 g/mol. The van der Waals surface area contributed by atoms with E-state index >= 15 is 0 Å². The van der Waals surface area contributed by atoms with E-state index in [1.807, 2.05) is 6.07 Å². The molecule has 0 radical (unpaired) electrons. The molecule has 0 aliphatic carbocycles. The zero-order valence-corrected chi connectivity index (χ0v) is 14.1. The van der Waals surface area contributed by atoms with E-state index in [1.54, 1.807) is 55.5 Å². The monoisotopic (exact) mass is 343 g/mol. The minimum atomic E-state index is -1.51. The van der Waals surface area contributed by atoms with Gasteiger partial charge < -0.3 is 19.9 Å². The van der Waals surface area contributed by atoms with Gasteiger partial charge >= 0.3 is 5.97 Å². The fraction of sp³-hybridized carbons (Fsp3) is 0.263. The molecule has 2 aromatic carbocycles. The average Bonchev–Trinajstić information content (AvgIpc) is 2.66. The molecule has 0 aliphatic rings. The van der Waals surface area contributed by atoms with Gasteiger partial charge in [0.2, 0.25) is 0 Å². The molecule has 0 saturated heterocycles. The number of benzene rings is 2. The molecule has 6 nitrogen and oxygen atoms in total. The molecule has 25 heavy (non-hydrogen) atoms. The van der Waals surface area contributed by atoms with Crippen molar-refractivity contribution in [3.05, 3.63) is 65.7 Å². The molecule has 6 heteroatoms. The zero-order chi connectivity index (χ0) is 18.2. The molecule has 0 unspecified atom stereocenters. The predicted molar refractivity (Wildman–Crippen MR) is 92.3 cm³/mol. The Bertz CT molecular complexity index is 700. The number of aliphatic hydroxyl groups excluding tert-OH is 1. The van der Waals surface area contributed by atoms with E-state index in [1.165, 1.54) is 7.11 Å². The first kappa shape index (κ1) is 18.5. The number of esters is 1. The van der Waals surface area contributed by atoms with Crippen molar-refractivity contribution >= 4 is 11.9 Å². The topological polar surface area (TPSA) is 84.9 Å².